The Kier molecular flexibility index (Phi) is 2.12. The van der Waals surface area contributed by atoms with E-state index >= 15 is 0 Å². The van der Waals surface area contributed by atoms with Gasteiger partial charge in [0.1, 0.15) is 5.76 Å². The molecule has 0 aliphatic heterocycles. The molecule has 0 aromatic carbocycles. The van der Waals surface area contributed by atoms with Gasteiger partial charge >= 0.3 is 0 Å². The lowest BCUT2D eigenvalue weighted by molar-refractivity contribution is 0.152. The normalized spacial score (nSPS) is 20.9. The minimum Gasteiger partial charge on any atom is -0.388 e. The van der Waals surface area contributed by atoms with Gasteiger partial charge in [0.2, 0.25) is 0 Å². The molecule has 0 radical (unpaired) electrons. The van der Waals surface area contributed by atoms with Gasteiger partial charge in [-0.15, -0.1) is 0 Å². The third kappa shape index (κ3) is 1.67. The maximum absolute atomic E-state index is 9.97. The summed E-state index contributed by atoms with van der Waals surface area (Å²) in [6, 6.07) is 0. The molecular weight excluding hydrogens is 180 g/mol. The molecule has 1 aromatic rings. The number of rotatable bonds is 3. The Labute approximate surface area is 83.1 Å². The third-order valence-electron chi connectivity index (χ3n) is 2.91. The van der Waals surface area contributed by atoms with Crippen molar-refractivity contribution in [1.29, 1.82) is 0 Å². The summed E-state index contributed by atoms with van der Waals surface area (Å²) in [6.07, 6.45) is 2.09. The van der Waals surface area contributed by atoms with Crippen LogP contribution in [0.25, 0.3) is 0 Å². The molecule has 1 atom stereocenters. The minimum atomic E-state index is -0.534. The van der Waals surface area contributed by atoms with E-state index in [0.29, 0.717) is 12.2 Å². The third-order valence-corrected chi connectivity index (χ3v) is 2.91. The molecule has 0 bridgehead atoms. The molecule has 3 N–H and O–H groups in total. The quantitative estimate of drug-likeness (QED) is 0.762. The van der Waals surface area contributed by atoms with Crippen LogP contribution in [0.15, 0.2) is 4.52 Å². The molecule has 0 amide bonds. The van der Waals surface area contributed by atoms with E-state index in [1.807, 2.05) is 13.8 Å². The second-order valence-corrected chi connectivity index (χ2v) is 4.32. The lowest BCUT2D eigenvalue weighted by Crippen LogP contribution is -2.24. The molecule has 14 heavy (non-hydrogen) atoms. The first-order valence-electron chi connectivity index (χ1n) is 4.91. The Hall–Kier alpha value is -0.870. The molecule has 1 aliphatic carbocycles. The summed E-state index contributed by atoms with van der Waals surface area (Å²) < 4.78 is 5.00. The Bertz CT molecular complexity index is 322. The fourth-order valence-corrected chi connectivity index (χ4v) is 1.82. The summed E-state index contributed by atoms with van der Waals surface area (Å²) in [4.78, 5) is 0. The van der Waals surface area contributed by atoms with E-state index in [0.717, 1.165) is 24.1 Å². The minimum absolute atomic E-state index is 0.143. The summed E-state index contributed by atoms with van der Waals surface area (Å²) in [5, 5.41) is 13.8. The van der Waals surface area contributed by atoms with Gasteiger partial charge in [-0.2, -0.15) is 0 Å². The smallest absolute Gasteiger partial charge is 0.139 e. The zero-order chi connectivity index (χ0) is 10.3. The highest BCUT2D eigenvalue weighted by Gasteiger charge is 2.40. The summed E-state index contributed by atoms with van der Waals surface area (Å²) >= 11 is 0. The van der Waals surface area contributed by atoms with Crippen LogP contribution in [-0.2, 0) is 0 Å². The maximum atomic E-state index is 9.97. The number of hydrogen-bond acceptors (Lipinski definition) is 4. The summed E-state index contributed by atoms with van der Waals surface area (Å²) in [7, 11) is 0. The highest BCUT2D eigenvalue weighted by molar-refractivity contribution is 5.24. The Morgan fingerprint density at radius 3 is 2.64 bits per heavy atom. The zero-order valence-corrected chi connectivity index (χ0v) is 8.58. The first-order chi connectivity index (χ1) is 6.52. The first kappa shape index (κ1) is 9.68. The van der Waals surface area contributed by atoms with Gasteiger partial charge in [0.15, 0.2) is 0 Å². The number of aromatic nitrogens is 1. The topological polar surface area (TPSA) is 72.3 Å². The van der Waals surface area contributed by atoms with Gasteiger partial charge in [0, 0.05) is 11.1 Å². The molecule has 1 unspecified atom stereocenters. The van der Waals surface area contributed by atoms with Gasteiger partial charge in [-0.1, -0.05) is 5.16 Å². The number of nitrogens with two attached hydrogens (primary N) is 1. The highest BCUT2D eigenvalue weighted by atomic mass is 16.5. The molecule has 4 nitrogen and oxygen atoms in total. The second-order valence-electron chi connectivity index (χ2n) is 4.32. The lowest BCUT2D eigenvalue weighted by Gasteiger charge is -2.14. The van der Waals surface area contributed by atoms with Gasteiger partial charge < -0.3 is 15.4 Å². The number of aliphatic hydroxyl groups excluding tert-OH is 1. The summed E-state index contributed by atoms with van der Waals surface area (Å²) in [5.41, 5.74) is 7.37. The standard InChI is InChI=1S/C10H16N2O2/c1-6-9(7(2)14-12-6)8(13)5-10(11)3-4-10/h8,13H,3-5,11H2,1-2H3. The zero-order valence-electron chi connectivity index (χ0n) is 8.58. The Morgan fingerprint density at radius 2 is 2.21 bits per heavy atom. The second kappa shape index (κ2) is 3.07. The predicted molar refractivity (Wildman–Crippen MR) is 51.7 cm³/mol. The molecule has 2 rings (SSSR count). The van der Waals surface area contributed by atoms with Crippen LogP contribution in [-0.4, -0.2) is 15.8 Å². The molecule has 1 aromatic heterocycles. The van der Waals surface area contributed by atoms with Crippen molar-refractivity contribution in [2.24, 2.45) is 5.73 Å². The van der Waals surface area contributed by atoms with Crippen LogP contribution in [0.2, 0.25) is 0 Å². The number of nitrogens with zero attached hydrogens (tertiary/aromatic N) is 1. The first-order valence-corrected chi connectivity index (χ1v) is 4.91. The van der Waals surface area contributed by atoms with E-state index in [-0.39, 0.29) is 5.54 Å². The predicted octanol–water partition coefficient (Wildman–Crippen LogP) is 1.21. The van der Waals surface area contributed by atoms with Gasteiger partial charge in [-0.3, -0.25) is 0 Å². The van der Waals surface area contributed by atoms with E-state index in [1.54, 1.807) is 0 Å². The monoisotopic (exact) mass is 196 g/mol. The van der Waals surface area contributed by atoms with Crippen molar-refractivity contribution in [3.05, 3.63) is 17.0 Å². The number of aliphatic hydroxyl groups is 1. The highest BCUT2D eigenvalue weighted by Crippen LogP contribution is 2.41. The average Bonchev–Trinajstić information content (AvgIpc) is 2.70. The van der Waals surface area contributed by atoms with Crippen LogP contribution in [0, 0.1) is 13.8 Å². The fourth-order valence-electron chi connectivity index (χ4n) is 1.82. The lowest BCUT2D eigenvalue weighted by atomic mass is 10.00. The molecule has 1 heterocycles. The fraction of sp³-hybridized carbons (Fsp3) is 0.700. The molecule has 0 saturated heterocycles. The summed E-state index contributed by atoms with van der Waals surface area (Å²) in [5.74, 6) is 0.694. The van der Waals surface area contributed by atoms with Gasteiger partial charge in [0.05, 0.1) is 11.8 Å². The maximum Gasteiger partial charge on any atom is 0.139 e. The summed E-state index contributed by atoms with van der Waals surface area (Å²) in [6.45, 7) is 3.65. The van der Waals surface area contributed by atoms with E-state index in [1.165, 1.54) is 0 Å². The van der Waals surface area contributed by atoms with Gasteiger partial charge in [-0.05, 0) is 33.1 Å². The molecule has 0 spiro atoms. The van der Waals surface area contributed by atoms with E-state index in [2.05, 4.69) is 5.16 Å². The van der Waals surface area contributed by atoms with Crippen molar-refractivity contribution >= 4 is 0 Å². The Balaban J connectivity index is 2.14. The molecule has 1 saturated carbocycles. The van der Waals surface area contributed by atoms with Crippen molar-refractivity contribution in [3.63, 3.8) is 0 Å². The SMILES string of the molecule is Cc1noc(C)c1C(O)CC1(N)CC1. The van der Waals surface area contributed by atoms with Crippen molar-refractivity contribution in [2.45, 2.75) is 44.8 Å². The van der Waals surface area contributed by atoms with Crippen molar-refractivity contribution < 1.29 is 9.63 Å². The molecule has 4 heteroatoms. The van der Waals surface area contributed by atoms with Crippen LogP contribution in [0.4, 0.5) is 0 Å². The van der Waals surface area contributed by atoms with Crippen LogP contribution in [0.3, 0.4) is 0 Å². The number of hydrogen-bond donors (Lipinski definition) is 2. The van der Waals surface area contributed by atoms with E-state index in [9.17, 15) is 5.11 Å². The molecule has 1 aliphatic rings. The van der Waals surface area contributed by atoms with Gasteiger partial charge in [-0.25, -0.2) is 0 Å². The molecule has 1 fully saturated rings. The van der Waals surface area contributed by atoms with Crippen molar-refractivity contribution in [2.75, 3.05) is 0 Å². The largest absolute Gasteiger partial charge is 0.388 e. The molecule has 78 valence electrons. The van der Waals surface area contributed by atoms with Crippen LogP contribution < -0.4 is 5.73 Å². The van der Waals surface area contributed by atoms with E-state index in [4.69, 9.17) is 10.3 Å². The van der Waals surface area contributed by atoms with Crippen molar-refractivity contribution in [3.8, 4) is 0 Å². The number of aryl methyl sites for hydroxylation is 2. The average molecular weight is 196 g/mol. The van der Waals surface area contributed by atoms with E-state index < -0.39 is 6.10 Å². The Morgan fingerprint density at radius 1 is 1.57 bits per heavy atom. The van der Waals surface area contributed by atoms with Crippen LogP contribution in [0.5, 0.6) is 0 Å². The van der Waals surface area contributed by atoms with Crippen LogP contribution in [0.1, 0.15) is 42.4 Å². The van der Waals surface area contributed by atoms with Crippen LogP contribution >= 0.6 is 0 Å². The molecular formula is C10H16N2O2. The van der Waals surface area contributed by atoms with Gasteiger partial charge in [0.25, 0.3) is 0 Å². The van der Waals surface area contributed by atoms with Crippen molar-refractivity contribution in [1.82, 2.24) is 5.16 Å².